The Kier molecular flexibility index (Phi) is 6.70. The van der Waals surface area contributed by atoms with Gasteiger partial charge in [0, 0.05) is 18.2 Å². The summed E-state index contributed by atoms with van der Waals surface area (Å²) in [6.45, 7) is 5.79. The van der Waals surface area contributed by atoms with Crippen LogP contribution in [0.25, 0.3) is 0 Å². The predicted molar refractivity (Wildman–Crippen MR) is 132 cm³/mol. The Morgan fingerprint density at radius 3 is 2.54 bits per heavy atom. The summed E-state index contributed by atoms with van der Waals surface area (Å²) >= 11 is 5.17. The van der Waals surface area contributed by atoms with Gasteiger partial charge < -0.3 is 10.6 Å². The van der Waals surface area contributed by atoms with Crippen LogP contribution in [0.1, 0.15) is 51.2 Å². The molecular weight excluding hydrogens is 477 g/mol. The van der Waals surface area contributed by atoms with Gasteiger partial charge in [0.15, 0.2) is 16.8 Å². The van der Waals surface area contributed by atoms with E-state index in [-0.39, 0.29) is 23.0 Å². The van der Waals surface area contributed by atoms with E-state index in [9.17, 15) is 18.0 Å². The van der Waals surface area contributed by atoms with Gasteiger partial charge in [-0.2, -0.15) is 18.3 Å². The van der Waals surface area contributed by atoms with Crippen LogP contribution in [-0.4, -0.2) is 27.0 Å². The molecule has 0 bridgehead atoms. The minimum Gasteiger partial charge on any atom is -0.363 e. The van der Waals surface area contributed by atoms with Crippen LogP contribution in [-0.2, 0) is 0 Å². The highest BCUT2D eigenvalue weighted by molar-refractivity contribution is 7.80. The highest BCUT2D eigenvalue weighted by Gasteiger charge is 2.46. The van der Waals surface area contributed by atoms with Crippen LogP contribution in [0.5, 0.6) is 0 Å². The van der Waals surface area contributed by atoms with E-state index in [1.54, 1.807) is 6.07 Å². The lowest BCUT2D eigenvalue weighted by atomic mass is 9.94. The SMILES string of the molecule is Cc1cccc(NC(=S)NNC(=O)c2cc3n(n2)[C@@H](C(F)(F)F)C[C@@H](c2ccc(C)c(C)c2)N3)c1. The lowest BCUT2D eigenvalue weighted by Crippen LogP contribution is -2.44. The average Bonchev–Trinajstić information content (AvgIpc) is 3.22. The maximum absolute atomic E-state index is 13.9. The number of amides is 1. The maximum atomic E-state index is 13.9. The summed E-state index contributed by atoms with van der Waals surface area (Å²) in [5.74, 6) is -0.599. The van der Waals surface area contributed by atoms with Gasteiger partial charge in [0.25, 0.3) is 5.91 Å². The molecule has 2 atom stereocenters. The normalized spacial score (nSPS) is 17.2. The first-order valence-corrected chi connectivity index (χ1v) is 11.4. The summed E-state index contributed by atoms with van der Waals surface area (Å²) in [4.78, 5) is 12.6. The Labute approximate surface area is 206 Å². The zero-order valence-electron chi connectivity index (χ0n) is 19.3. The number of nitrogens with one attached hydrogen (secondary N) is 4. The number of carbonyl (C=O) groups excluding carboxylic acids is 1. The predicted octanol–water partition coefficient (Wildman–Crippen LogP) is 5.10. The fraction of sp³-hybridized carbons (Fsp3) is 0.292. The van der Waals surface area contributed by atoms with Crippen molar-refractivity contribution in [2.75, 3.05) is 10.6 Å². The van der Waals surface area contributed by atoms with E-state index in [1.807, 2.05) is 57.2 Å². The number of halogens is 3. The van der Waals surface area contributed by atoms with E-state index in [2.05, 4.69) is 26.6 Å². The second-order valence-corrected chi connectivity index (χ2v) is 9.00. The summed E-state index contributed by atoms with van der Waals surface area (Å²) in [5, 5.41) is 10.1. The van der Waals surface area contributed by atoms with Crippen LogP contribution in [0.15, 0.2) is 48.5 Å². The maximum Gasteiger partial charge on any atom is 0.410 e. The summed E-state index contributed by atoms with van der Waals surface area (Å²) in [5.41, 5.74) is 9.30. The van der Waals surface area contributed by atoms with Gasteiger partial charge in [0.1, 0.15) is 5.82 Å². The smallest absolute Gasteiger partial charge is 0.363 e. The van der Waals surface area contributed by atoms with Crippen molar-refractivity contribution in [2.45, 2.75) is 45.5 Å². The molecule has 0 fully saturated rings. The molecule has 0 aliphatic carbocycles. The number of rotatable bonds is 3. The van der Waals surface area contributed by atoms with Gasteiger partial charge in [-0.1, -0.05) is 30.3 Å². The topological polar surface area (TPSA) is 83.0 Å². The number of benzene rings is 2. The molecule has 0 saturated heterocycles. The first-order chi connectivity index (χ1) is 16.5. The monoisotopic (exact) mass is 502 g/mol. The molecular formula is C24H25F3N6OS. The van der Waals surface area contributed by atoms with Crippen molar-refractivity contribution >= 4 is 34.7 Å². The second kappa shape index (κ2) is 9.57. The van der Waals surface area contributed by atoms with Crippen LogP contribution in [0, 0.1) is 20.8 Å². The molecule has 0 saturated carbocycles. The number of hydrogen-bond donors (Lipinski definition) is 4. The van der Waals surface area contributed by atoms with Crippen molar-refractivity contribution in [3.05, 3.63) is 76.5 Å². The third-order valence-corrected chi connectivity index (χ3v) is 6.13. The lowest BCUT2D eigenvalue weighted by Gasteiger charge is -2.33. The van der Waals surface area contributed by atoms with Crippen molar-refractivity contribution < 1.29 is 18.0 Å². The minimum atomic E-state index is -4.54. The standard InChI is InChI=1S/C24H25F3N6OS/c1-13-5-4-6-17(9-13)28-23(35)31-30-22(34)19-12-21-29-18(16-8-7-14(2)15(3)10-16)11-20(24(25,26)27)33(21)32-19/h4-10,12,18,20,29H,11H2,1-3H3,(H,30,34)(H2,28,31,35)/t18-,20+/m0/s1. The van der Waals surface area contributed by atoms with Crippen LogP contribution < -0.4 is 21.5 Å². The molecule has 0 radical (unpaired) electrons. The highest BCUT2D eigenvalue weighted by atomic mass is 32.1. The third kappa shape index (κ3) is 5.56. The zero-order chi connectivity index (χ0) is 25.3. The number of fused-ring (bicyclic) bond motifs is 1. The number of hydrogen-bond acceptors (Lipinski definition) is 4. The van der Waals surface area contributed by atoms with Gasteiger partial charge in [-0.25, -0.2) is 4.68 Å². The van der Waals surface area contributed by atoms with Gasteiger partial charge in [-0.15, -0.1) is 0 Å². The van der Waals surface area contributed by atoms with Crippen molar-refractivity contribution in [3.63, 3.8) is 0 Å². The molecule has 0 unspecified atom stereocenters. The summed E-state index contributed by atoms with van der Waals surface area (Å²) in [6, 6.07) is 11.9. The highest BCUT2D eigenvalue weighted by Crippen LogP contribution is 2.43. The molecule has 184 valence electrons. The Hall–Kier alpha value is -3.60. The number of aryl methyl sites for hydroxylation is 3. The molecule has 7 nitrogen and oxygen atoms in total. The molecule has 1 amide bonds. The van der Waals surface area contributed by atoms with Crippen molar-refractivity contribution in [2.24, 2.45) is 0 Å². The molecule has 2 heterocycles. The average molecular weight is 503 g/mol. The number of carbonyl (C=O) groups is 1. The Balaban J connectivity index is 1.49. The second-order valence-electron chi connectivity index (χ2n) is 8.60. The lowest BCUT2D eigenvalue weighted by molar-refractivity contribution is -0.173. The first kappa shape index (κ1) is 24.5. The van der Waals surface area contributed by atoms with E-state index in [0.717, 1.165) is 32.6 Å². The number of nitrogens with zero attached hydrogens (tertiary/aromatic N) is 2. The third-order valence-electron chi connectivity index (χ3n) is 5.92. The van der Waals surface area contributed by atoms with Gasteiger partial charge in [-0.3, -0.25) is 15.6 Å². The van der Waals surface area contributed by atoms with E-state index in [0.29, 0.717) is 0 Å². The van der Waals surface area contributed by atoms with Crippen LogP contribution in [0.2, 0.25) is 0 Å². The molecule has 1 aliphatic heterocycles. The quantitative estimate of drug-likeness (QED) is 0.295. The Morgan fingerprint density at radius 2 is 1.86 bits per heavy atom. The van der Waals surface area contributed by atoms with E-state index in [4.69, 9.17) is 12.2 Å². The molecule has 1 aliphatic rings. The first-order valence-electron chi connectivity index (χ1n) is 10.9. The van der Waals surface area contributed by atoms with Crippen molar-refractivity contribution in [1.82, 2.24) is 20.6 Å². The molecule has 0 spiro atoms. The van der Waals surface area contributed by atoms with E-state index >= 15 is 0 Å². The summed E-state index contributed by atoms with van der Waals surface area (Å²) in [7, 11) is 0. The molecule has 4 rings (SSSR count). The van der Waals surface area contributed by atoms with E-state index in [1.165, 1.54) is 6.07 Å². The Morgan fingerprint density at radius 1 is 1.09 bits per heavy atom. The van der Waals surface area contributed by atoms with E-state index < -0.39 is 24.2 Å². The number of hydrazine groups is 1. The fourth-order valence-corrected chi connectivity index (χ4v) is 4.12. The number of aromatic nitrogens is 2. The summed E-state index contributed by atoms with van der Waals surface area (Å²) < 4.78 is 42.6. The van der Waals surface area contributed by atoms with Crippen LogP contribution in [0.4, 0.5) is 24.7 Å². The minimum absolute atomic E-state index is 0.118. The van der Waals surface area contributed by atoms with Crippen LogP contribution in [0.3, 0.4) is 0 Å². The number of alkyl halides is 3. The van der Waals surface area contributed by atoms with Gasteiger partial charge >= 0.3 is 6.18 Å². The molecule has 1 aromatic heterocycles. The van der Waals surface area contributed by atoms with Gasteiger partial charge in [-0.05, 0) is 67.4 Å². The summed E-state index contributed by atoms with van der Waals surface area (Å²) in [6.07, 6.45) is -4.78. The largest absolute Gasteiger partial charge is 0.410 e. The fourth-order valence-electron chi connectivity index (χ4n) is 3.95. The van der Waals surface area contributed by atoms with Crippen molar-refractivity contribution in [3.8, 4) is 0 Å². The molecule has 2 aromatic carbocycles. The molecule has 11 heteroatoms. The molecule has 4 N–H and O–H groups in total. The zero-order valence-corrected chi connectivity index (χ0v) is 20.1. The number of thiocarbonyl (C=S) groups is 1. The van der Waals surface area contributed by atoms with Gasteiger partial charge in [0.2, 0.25) is 0 Å². The van der Waals surface area contributed by atoms with Crippen LogP contribution >= 0.6 is 12.2 Å². The Bertz CT molecular complexity index is 1270. The number of anilines is 2. The van der Waals surface area contributed by atoms with Gasteiger partial charge in [0.05, 0.1) is 6.04 Å². The molecule has 3 aromatic rings. The van der Waals surface area contributed by atoms with Crippen molar-refractivity contribution in [1.29, 1.82) is 0 Å². The molecule has 35 heavy (non-hydrogen) atoms.